The van der Waals surface area contributed by atoms with E-state index in [9.17, 15) is 14.4 Å². The van der Waals surface area contributed by atoms with E-state index in [4.69, 9.17) is 33.8 Å². The zero-order valence-electron chi connectivity index (χ0n) is 32.0. The number of nitrogens with one attached hydrogen (secondary N) is 2. The maximum Gasteiger partial charge on any atom is 0.328 e. The van der Waals surface area contributed by atoms with Crippen LogP contribution in [0.4, 0.5) is 23.1 Å². The van der Waals surface area contributed by atoms with E-state index in [1.807, 2.05) is 18.9 Å². The molecule has 1 aromatic heterocycles. The van der Waals surface area contributed by atoms with Gasteiger partial charge in [0.2, 0.25) is 11.9 Å². The molecular formula is C37H57N7O9. The minimum Gasteiger partial charge on any atom is -0.495 e. The van der Waals surface area contributed by atoms with E-state index in [1.54, 1.807) is 42.4 Å². The van der Waals surface area contributed by atoms with Gasteiger partial charge in [0.15, 0.2) is 5.82 Å². The van der Waals surface area contributed by atoms with Crippen LogP contribution in [0.5, 0.6) is 5.75 Å². The molecule has 2 aromatic rings. The Bertz CT molecular complexity index is 1470. The van der Waals surface area contributed by atoms with Crippen molar-refractivity contribution in [2.75, 3.05) is 109 Å². The number of rotatable bonds is 26. The van der Waals surface area contributed by atoms with Crippen LogP contribution in [0.3, 0.4) is 0 Å². The largest absolute Gasteiger partial charge is 0.495 e. The maximum atomic E-state index is 13.2. The topological polar surface area (TPSA) is 177 Å². The lowest BCUT2D eigenvalue weighted by atomic mass is 10.0. The molecule has 2 amide bonds. The molecule has 1 aliphatic heterocycles. The van der Waals surface area contributed by atoms with Crippen LogP contribution >= 0.6 is 0 Å². The minimum atomic E-state index is -0.955. The summed E-state index contributed by atoms with van der Waals surface area (Å²) in [6.45, 7) is 11.2. The number of hydrogen-bond donors (Lipinski definition) is 3. The minimum absolute atomic E-state index is 0.0351. The Balaban J connectivity index is 1.35. The highest BCUT2D eigenvalue weighted by molar-refractivity contribution is 6.04. The first-order chi connectivity index (χ1) is 25.6. The van der Waals surface area contributed by atoms with Crippen LogP contribution in [0.1, 0.15) is 50.4 Å². The highest BCUT2D eigenvalue weighted by Gasteiger charge is 2.39. The fourth-order valence-electron chi connectivity index (χ4n) is 5.74. The van der Waals surface area contributed by atoms with Gasteiger partial charge in [-0.05, 0) is 44.5 Å². The standard InChI is InChI=1S/C37H57N7O9/c1-7-28(8-2)44-30(9-3)36(48)43(5)31-26-39-37(41-34(31)44)40-29-13-12-27(25-32(29)49-6)35(47)38-14-17-50-19-21-52-23-24-53-22-20-51-18-16-42(4)15-10-11-33(45)46/h10-13,25-26,28,30H,7-9,14-24H2,1-6H3,(H,38,47)(H,45,46)(H,39,40,41)/b11-10+/t30-/m1/s1. The van der Waals surface area contributed by atoms with Gasteiger partial charge in [0.25, 0.3) is 5.91 Å². The molecule has 2 heterocycles. The molecule has 0 fully saturated rings. The smallest absolute Gasteiger partial charge is 0.328 e. The number of nitrogens with zero attached hydrogens (tertiary/aromatic N) is 5. The molecule has 0 radical (unpaired) electrons. The van der Waals surface area contributed by atoms with Crippen molar-refractivity contribution in [2.24, 2.45) is 0 Å². The Morgan fingerprint density at radius 2 is 1.64 bits per heavy atom. The molecular weight excluding hydrogens is 686 g/mol. The molecule has 0 saturated carbocycles. The second kappa shape index (κ2) is 23.3. The molecule has 0 saturated heterocycles. The van der Waals surface area contributed by atoms with E-state index in [1.165, 1.54) is 7.11 Å². The highest BCUT2D eigenvalue weighted by atomic mass is 16.6. The average molecular weight is 744 g/mol. The highest BCUT2D eigenvalue weighted by Crippen LogP contribution is 2.38. The quantitative estimate of drug-likeness (QED) is 0.0945. The summed E-state index contributed by atoms with van der Waals surface area (Å²) >= 11 is 0. The molecule has 1 aliphatic rings. The molecule has 3 rings (SSSR count). The second-order valence-corrected chi connectivity index (χ2v) is 12.3. The number of likely N-dealkylation sites (N-methyl/N-ethyl adjacent to an activating group) is 2. The van der Waals surface area contributed by atoms with Crippen molar-refractivity contribution in [3.8, 4) is 5.75 Å². The van der Waals surface area contributed by atoms with Crippen molar-refractivity contribution in [3.05, 3.63) is 42.1 Å². The lowest BCUT2D eigenvalue weighted by Crippen LogP contribution is -2.56. The number of hydrogen-bond acceptors (Lipinski definition) is 13. The Hall–Kier alpha value is -4.35. The third kappa shape index (κ3) is 13.5. The number of carboxylic acid groups (broad SMARTS) is 1. The average Bonchev–Trinajstić information content (AvgIpc) is 3.15. The van der Waals surface area contributed by atoms with Gasteiger partial charge in [0.05, 0.1) is 71.8 Å². The number of ether oxygens (including phenoxy) is 5. The number of aromatic nitrogens is 2. The molecule has 0 bridgehead atoms. The van der Waals surface area contributed by atoms with Gasteiger partial charge in [0, 0.05) is 44.4 Å². The van der Waals surface area contributed by atoms with Gasteiger partial charge >= 0.3 is 5.97 Å². The van der Waals surface area contributed by atoms with E-state index < -0.39 is 5.97 Å². The molecule has 16 nitrogen and oxygen atoms in total. The van der Waals surface area contributed by atoms with Crippen LogP contribution < -0.4 is 25.2 Å². The van der Waals surface area contributed by atoms with Crippen molar-refractivity contribution >= 4 is 40.9 Å². The van der Waals surface area contributed by atoms with Gasteiger partial charge in [-0.15, -0.1) is 0 Å². The van der Waals surface area contributed by atoms with E-state index in [-0.39, 0.29) is 23.9 Å². The number of methoxy groups -OCH3 is 1. The van der Waals surface area contributed by atoms with Crippen molar-refractivity contribution in [2.45, 2.75) is 52.1 Å². The molecule has 294 valence electrons. The maximum absolute atomic E-state index is 13.2. The van der Waals surface area contributed by atoms with E-state index >= 15 is 0 Å². The first-order valence-electron chi connectivity index (χ1n) is 18.2. The number of carbonyl (C=O) groups excluding carboxylic acids is 2. The summed E-state index contributed by atoms with van der Waals surface area (Å²) < 4.78 is 27.7. The van der Waals surface area contributed by atoms with Crippen molar-refractivity contribution < 1.29 is 43.2 Å². The predicted molar refractivity (Wildman–Crippen MR) is 203 cm³/mol. The van der Waals surface area contributed by atoms with Gasteiger partial charge in [-0.3, -0.25) is 9.59 Å². The van der Waals surface area contributed by atoms with Gasteiger partial charge in [-0.2, -0.15) is 4.98 Å². The molecule has 0 spiro atoms. The van der Waals surface area contributed by atoms with Crippen LogP contribution in [0.15, 0.2) is 36.5 Å². The zero-order chi connectivity index (χ0) is 38.6. The van der Waals surface area contributed by atoms with Crippen molar-refractivity contribution in [1.82, 2.24) is 20.2 Å². The van der Waals surface area contributed by atoms with Crippen LogP contribution in [0.25, 0.3) is 0 Å². The molecule has 1 atom stereocenters. The van der Waals surface area contributed by atoms with Gasteiger partial charge in [0.1, 0.15) is 17.5 Å². The number of aliphatic carboxylic acids is 1. The Kier molecular flexibility index (Phi) is 19.0. The molecule has 53 heavy (non-hydrogen) atoms. The zero-order valence-corrected chi connectivity index (χ0v) is 32.0. The van der Waals surface area contributed by atoms with E-state index in [0.717, 1.165) is 18.9 Å². The monoisotopic (exact) mass is 743 g/mol. The number of anilines is 4. The summed E-state index contributed by atoms with van der Waals surface area (Å²) in [5.41, 5.74) is 1.69. The number of benzene rings is 1. The fourth-order valence-corrected chi connectivity index (χ4v) is 5.74. The summed E-state index contributed by atoms with van der Waals surface area (Å²) in [5.74, 6) is 0.334. The van der Waals surface area contributed by atoms with E-state index in [2.05, 4.69) is 34.4 Å². The number of carbonyl (C=O) groups is 3. The summed E-state index contributed by atoms with van der Waals surface area (Å²) in [6.07, 6.45) is 6.80. The first kappa shape index (κ1) is 43.1. The third-order valence-corrected chi connectivity index (χ3v) is 8.68. The number of amides is 2. The molecule has 0 aliphatic carbocycles. The van der Waals surface area contributed by atoms with Crippen LogP contribution in [0.2, 0.25) is 0 Å². The SMILES string of the molecule is CCC(CC)N1c2nc(Nc3ccc(C(=O)NCCOCCOCCOCCOCCN(C)C/C=C/C(=O)O)cc3OC)ncc2N(C)C(=O)[C@H]1CC. The summed E-state index contributed by atoms with van der Waals surface area (Å²) in [6, 6.07) is 4.95. The summed E-state index contributed by atoms with van der Waals surface area (Å²) in [4.78, 5) is 51.6. The summed E-state index contributed by atoms with van der Waals surface area (Å²) in [5, 5.41) is 14.7. The van der Waals surface area contributed by atoms with Crippen molar-refractivity contribution in [3.63, 3.8) is 0 Å². The Morgan fingerprint density at radius 1 is 1.00 bits per heavy atom. The third-order valence-electron chi connectivity index (χ3n) is 8.68. The normalized spacial score (nSPS) is 14.3. The molecule has 16 heteroatoms. The number of fused-ring (bicyclic) bond motifs is 1. The van der Waals surface area contributed by atoms with Gasteiger partial charge in [-0.1, -0.05) is 26.8 Å². The fraction of sp³-hybridized carbons (Fsp3) is 0.595. The Labute approximate surface area is 312 Å². The van der Waals surface area contributed by atoms with Crippen LogP contribution in [0, 0.1) is 0 Å². The summed E-state index contributed by atoms with van der Waals surface area (Å²) in [7, 11) is 5.18. The van der Waals surface area contributed by atoms with Gasteiger partial charge < -0.3 is 54.1 Å². The second-order valence-electron chi connectivity index (χ2n) is 12.3. The van der Waals surface area contributed by atoms with Crippen LogP contribution in [-0.4, -0.2) is 144 Å². The Morgan fingerprint density at radius 3 is 2.25 bits per heavy atom. The van der Waals surface area contributed by atoms with Crippen LogP contribution in [-0.2, 0) is 28.5 Å². The lowest BCUT2D eigenvalue weighted by Gasteiger charge is -2.44. The predicted octanol–water partition coefficient (Wildman–Crippen LogP) is 3.35. The first-order valence-corrected chi connectivity index (χ1v) is 18.2. The molecule has 1 aromatic carbocycles. The number of carboxylic acids is 1. The van der Waals surface area contributed by atoms with E-state index in [0.29, 0.717) is 113 Å². The molecule has 0 unspecified atom stereocenters. The van der Waals surface area contributed by atoms with Crippen molar-refractivity contribution in [1.29, 1.82) is 0 Å². The molecule has 3 N–H and O–H groups in total. The van der Waals surface area contributed by atoms with Gasteiger partial charge in [-0.25, -0.2) is 9.78 Å². The lowest BCUT2D eigenvalue weighted by molar-refractivity contribution is -0.131.